The lowest BCUT2D eigenvalue weighted by molar-refractivity contribution is 0.159. The molecule has 1 aromatic carbocycles. The monoisotopic (exact) mass is 388 g/mol. The Morgan fingerprint density at radius 3 is 2.67 bits per heavy atom. The molecule has 1 aromatic heterocycles. The predicted molar refractivity (Wildman–Crippen MR) is 106 cm³/mol. The lowest BCUT2D eigenvalue weighted by Gasteiger charge is -2.31. The van der Waals surface area contributed by atoms with Crippen molar-refractivity contribution in [1.82, 2.24) is 14.8 Å². The van der Waals surface area contributed by atoms with Crippen molar-refractivity contribution in [3.05, 3.63) is 46.2 Å². The van der Waals surface area contributed by atoms with Crippen LogP contribution in [0.2, 0.25) is 0 Å². The van der Waals surface area contributed by atoms with E-state index in [0.717, 1.165) is 29.5 Å². The van der Waals surface area contributed by atoms with Crippen molar-refractivity contribution in [2.45, 2.75) is 19.9 Å². The van der Waals surface area contributed by atoms with E-state index in [1.54, 1.807) is 42.5 Å². The molecule has 2 amide bonds. The zero-order valence-electron chi connectivity index (χ0n) is 16.1. The van der Waals surface area contributed by atoms with E-state index in [-0.39, 0.29) is 23.8 Å². The van der Waals surface area contributed by atoms with Gasteiger partial charge in [-0.2, -0.15) is 0 Å². The van der Waals surface area contributed by atoms with Crippen LogP contribution < -0.4 is 4.90 Å². The second-order valence-electron chi connectivity index (χ2n) is 7.80. The fourth-order valence-corrected chi connectivity index (χ4v) is 5.29. The molecule has 3 atom stereocenters. The van der Waals surface area contributed by atoms with E-state index in [2.05, 4.69) is 11.8 Å². The maximum atomic E-state index is 13.9. The summed E-state index contributed by atoms with van der Waals surface area (Å²) in [6.07, 6.45) is 0. The number of thiazole rings is 1. The van der Waals surface area contributed by atoms with Crippen LogP contribution in [0.15, 0.2) is 24.3 Å². The van der Waals surface area contributed by atoms with Gasteiger partial charge in [0.25, 0.3) is 0 Å². The third kappa shape index (κ3) is 3.18. The highest BCUT2D eigenvalue weighted by Gasteiger charge is 2.50. The molecule has 0 radical (unpaired) electrons. The number of fused-ring (bicyclic) bond motifs is 1. The third-order valence-corrected chi connectivity index (χ3v) is 6.90. The van der Waals surface area contributed by atoms with Gasteiger partial charge in [-0.25, -0.2) is 14.2 Å². The molecule has 0 unspecified atom stereocenters. The fourth-order valence-electron chi connectivity index (χ4n) is 4.36. The van der Waals surface area contributed by atoms with Crippen LogP contribution in [0.1, 0.15) is 22.2 Å². The maximum absolute atomic E-state index is 13.9. The van der Waals surface area contributed by atoms with Crippen molar-refractivity contribution in [2.75, 3.05) is 38.6 Å². The number of nitrogens with zero attached hydrogens (tertiary/aromatic N) is 4. The normalized spacial score (nSPS) is 24.4. The Kier molecular flexibility index (Phi) is 4.58. The van der Waals surface area contributed by atoms with Crippen molar-refractivity contribution < 1.29 is 9.18 Å². The Bertz CT molecular complexity index is 848. The number of carbonyl (C=O) groups excluding carboxylic acids is 1. The van der Waals surface area contributed by atoms with Gasteiger partial charge in [0, 0.05) is 50.4 Å². The Balaban J connectivity index is 1.65. The van der Waals surface area contributed by atoms with Crippen LogP contribution in [0.4, 0.5) is 14.3 Å². The van der Waals surface area contributed by atoms with Gasteiger partial charge in [0.15, 0.2) is 5.13 Å². The van der Waals surface area contributed by atoms with Crippen LogP contribution in [-0.2, 0) is 0 Å². The van der Waals surface area contributed by atoms with Crippen LogP contribution in [0.3, 0.4) is 0 Å². The molecule has 2 aromatic rings. The van der Waals surface area contributed by atoms with Gasteiger partial charge in [0.2, 0.25) is 0 Å². The summed E-state index contributed by atoms with van der Waals surface area (Å²) in [6, 6.07) is 6.58. The van der Waals surface area contributed by atoms with E-state index in [0.29, 0.717) is 12.5 Å². The number of hydrogen-bond donors (Lipinski definition) is 0. The lowest BCUT2D eigenvalue weighted by Crippen LogP contribution is -2.41. The summed E-state index contributed by atoms with van der Waals surface area (Å²) in [5.74, 6) is 0.390. The molecule has 2 aliphatic rings. The van der Waals surface area contributed by atoms with Crippen LogP contribution in [0, 0.1) is 31.5 Å². The summed E-state index contributed by atoms with van der Waals surface area (Å²) in [4.78, 5) is 24.6. The molecule has 0 bridgehead atoms. The van der Waals surface area contributed by atoms with Crippen molar-refractivity contribution in [1.29, 1.82) is 0 Å². The Morgan fingerprint density at radius 1 is 1.26 bits per heavy atom. The van der Waals surface area contributed by atoms with Crippen molar-refractivity contribution >= 4 is 22.5 Å². The third-order valence-electron chi connectivity index (χ3n) is 5.77. The zero-order valence-corrected chi connectivity index (χ0v) is 17.0. The molecule has 144 valence electrons. The number of anilines is 1. The number of halogens is 1. The molecule has 2 saturated heterocycles. The van der Waals surface area contributed by atoms with Crippen LogP contribution in [-0.4, -0.2) is 54.5 Å². The standard InChI is InChI=1S/C20H25FN4OS/c1-12-13(2)27-19(22-12)24-9-15-10-25(20(26)23(3)4)18(17(15)11-24)14-6-5-7-16(21)8-14/h5-8,15,17-18H,9-11H2,1-4H3/t15-,17-,18+/m1/s1. The van der Waals surface area contributed by atoms with Gasteiger partial charge in [0.1, 0.15) is 5.82 Å². The first kappa shape index (κ1) is 18.2. The molecular formula is C20H25FN4OS. The van der Waals surface area contributed by atoms with Gasteiger partial charge in [-0.15, -0.1) is 11.3 Å². The van der Waals surface area contributed by atoms with E-state index in [9.17, 15) is 9.18 Å². The summed E-state index contributed by atoms with van der Waals surface area (Å²) >= 11 is 1.73. The molecule has 7 heteroatoms. The Hall–Kier alpha value is -2.15. The maximum Gasteiger partial charge on any atom is 0.320 e. The minimum atomic E-state index is -0.255. The molecule has 0 saturated carbocycles. The first-order chi connectivity index (χ1) is 12.8. The molecule has 0 spiro atoms. The highest BCUT2D eigenvalue weighted by atomic mass is 32.1. The number of amides is 2. The second-order valence-corrected chi connectivity index (χ2v) is 8.98. The smallest absolute Gasteiger partial charge is 0.320 e. The fraction of sp³-hybridized carbons (Fsp3) is 0.500. The molecule has 2 aliphatic heterocycles. The number of carbonyl (C=O) groups is 1. The molecule has 0 N–H and O–H groups in total. The summed E-state index contributed by atoms with van der Waals surface area (Å²) in [5.41, 5.74) is 1.96. The molecule has 4 rings (SSSR count). The van der Waals surface area contributed by atoms with E-state index < -0.39 is 0 Å². The Labute approximate surface area is 163 Å². The number of aromatic nitrogens is 1. The van der Waals surface area contributed by atoms with E-state index in [4.69, 9.17) is 4.98 Å². The molecule has 3 heterocycles. The number of rotatable bonds is 2. The number of benzene rings is 1. The van der Waals surface area contributed by atoms with Crippen molar-refractivity contribution in [2.24, 2.45) is 11.8 Å². The molecule has 27 heavy (non-hydrogen) atoms. The Morgan fingerprint density at radius 2 is 2.04 bits per heavy atom. The zero-order chi connectivity index (χ0) is 19.3. The molecule has 0 aliphatic carbocycles. The first-order valence-corrected chi connectivity index (χ1v) is 10.1. The van der Waals surface area contributed by atoms with Gasteiger partial charge >= 0.3 is 6.03 Å². The van der Waals surface area contributed by atoms with Gasteiger partial charge in [-0.05, 0) is 31.5 Å². The van der Waals surface area contributed by atoms with Crippen molar-refractivity contribution in [3.8, 4) is 0 Å². The van der Waals surface area contributed by atoms with Gasteiger partial charge in [0.05, 0.1) is 11.7 Å². The number of aryl methyl sites for hydroxylation is 2. The molecule has 5 nitrogen and oxygen atoms in total. The van der Waals surface area contributed by atoms with Gasteiger partial charge < -0.3 is 14.7 Å². The van der Waals surface area contributed by atoms with E-state index in [1.807, 2.05) is 17.9 Å². The minimum Gasteiger partial charge on any atom is -0.347 e. The lowest BCUT2D eigenvalue weighted by atomic mass is 9.89. The van der Waals surface area contributed by atoms with Crippen molar-refractivity contribution in [3.63, 3.8) is 0 Å². The van der Waals surface area contributed by atoms with Gasteiger partial charge in [-0.3, -0.25) is 0 Å². The largest absolute Gasteiger partial charge is 0.347 e. The van der Waals surface area contributed by atoms with Gasteiger partial charge in [-0.1, -0.05) is 12.1 Å². The average Bonchev–Trinajstić information content (AvgIpc) is 3.26. The van der Waals surface area contributed by atoms with E-state index in [1.165, 1.54) is 10.9 Å². The topological polar surface area (TPSA) is 39.7 Å². The highest BCUT2D eigenvalue weighted by Crippen LogP contribution is 2.46. The first-order valence-electron chi connectivity index (χ1n) is 9.27. The van der Waals surface area contributed by atoms with Crippen LogP contribution >= 0.6 is 11.3 Å². The SMILES string of the molecule is Cc1nc(N2C[C@@H]3CN(C(=O)N(C)C)[C@@H](c4cccc(F)c4)[C@@H]3C2)sc1C. The predicted octanol–water partition coefficient (Wildman–Crippen LogP) is 3.69. The summed E-state index contributed by atoms with van der Waals surface area (Å²) in [6.45, 7) is 6.57. The highest BCUT2D eigenvalue weighted by molar-refractivity contribution is 7.15. The van der Waals surface area contributed by atoms with Crippen LogP contribution in [0.25, 0.3) is 0 Å². The quantitative estimate of drug-likeness (QED) is 0.788. The number of urea groups is 1. The molecular weight excluding hydrogens is 363 g/mol. The van der Waals surface area contributed by atoms with E-state index >= 15 is 0 Å². The summed E-state index contributed by atoms with van der Waals surface area (Å²) < 4.78 is 13.9. The van der Waals surface area contributed by atoms with Crippen LogP contribution in [0.5, 0.6) is 0 Å². The second kappa shape index (κ2) is 6.78. The summed E-state index contributed by atoms with van der Waals surface area (Å²) in [5, 5.41) is 1.06. The average molecular weight is 389 g/mol. The summed E-state index contributed by atoms with van der Waals surface area (Å²) in [7, 11) is 3.54. The minimum absolute atomic E-state index is 0.00820. The number of likely N-dealkylation sites (tertiary alicyclic amines) is 1. The number of hydrogen-bond acceptors (Lipinski definition) is 4. The molecule has 2 fully saturated rings.